The van der Waals surface area contributed by atoms with Gasteiger partial charge in [0.25, 0.3) is 0 Å². The Bertz CT molecular complexity index is 526. The molecule has 3 nitrogen and oxygen atoms in total. The Morgan fingerprint density at radius 2 is 2.22 bits per heavy atom. The van der Waals surface area contributed by atoms with Gasteiger partial charge in [0.05, 0.1) is 10.7 Å². The second-order valence-corrected chi connectivity index (χ2v) is 5.86. The van der Waals surface area contributed by atoms with Crippen molar-refractivity contribution in [3.63, 3.8) is 0 Å². The number of aryl methyl sites for hydroxylation is 1. The maximum Gasteiger partial charge on any atom is 0.250 e. The Kier molecular flexibility index (Phi) is 3.66. The van der Waals surface area contributed by atoms with E-state index in [1.54, 1.807) is 16.2 Å². The van der Waals surface area contributed by atoms with Gasteiger partial charge in [-0.05, 0) is 38.8 Å². The average Bonchev–Trinajstić information content (AvgIpc) is 2.95. The van der Waals surface area contributed by atoms with Gasteiger partial charge >= 0.3 is 0 Å². The van der Waals surface area contributed by atoms with E-state index >= 15 is 0 Å². The topological polar surface area (TPSA) is 33.2 Å². The monoisotopic (exact) mass is 262 g/mol. The van der Waals surface area contributed by atoms with Crippen molar-refractivity contribution in [3.05, 3.63) is 33.8 Å². The van der Waals surface area contributed by atoms with Gasteiger partial charge in [0, 0.05) is 24.0 Å². The van der Waals surface area contributed by atoms with Crippen molar-refractivity contribution in [2.75, 3.05) is 7.05 Å². The molecule has 0 bridgehead atoms. The minimum atomic E-state index is 0.114. The molecule has 0 fully saturated rings. The van der Waals surface area contributed by atoms with Crippen LogP contribution in [0.1, 0.15) is 31.0 Å². The molecule has 1 aliphatic rings. The number of aromatic nitrogens is 1. The molecule has 0 aliphatic heterocycles. The van der Waals surface area contributed by atoms with E-state index in [-0.39, 0.29) is 11.9 Å². The first kappa shape index (κ1) is 13.0. The molecule has 0 saturated heterocycles. The van der Waals surface area contributed by atoms with E-state index in [4.69, 9.17) is 0 Å². The Hall–Kier alpha value is -1.42. The highest BCUT2D eigenvalue weighted by molar-refractivity contribution is 7.09. The standard InChI is InChI=1S/C14H18N2OS/c1-9(2)16(4)14(17)12-6-5-11(7-12)13-8-18-10(3)15-13/h5,7-9H,6H2,1-4H3. The normalized spacial score (nSPS) is 14.7. The predicted octanol–water partition coefficient (Wildman–Crippen LogP) is 3.03. The fraction of sp³-hybridized carbons (Fsp3) is 0.429. The second-order valence-electron chi connectivity index (χ2n) is 4.79. The van der Waals surface area contributed by atoms with Crippen LogP contribution in [0.15, 0.2) is 23.1 Å². The molecular formula is C14H18N2OS. The van der Waals surface area contributed by atoms with Crippen molar-refractivity contribution in [2.24, 2.45) is 0 Å². The van der Waals surface area contributed by atoms with Crippen LogP contribution in [0.2, 0.25) is 0 Å². The minimum Gasteiger partial charge on any atom is -0.340 e. The minimum absolute atomic E-state index is 0.114. The Balaban J connectivity index is 2.14. The van der Waals surface area contributed by atoms with Gasteiger partial charge < -0.3 is 4.90 Å². The average molecular weight is 262 g/mol. The first-order valence-electron chi connectivity index (χ1n) is 6.09. The zero-order valence-corrected chi connectivity index (χ0v) is 12.0. The van der Waals surface area contributed by atoms with Crippen LogP contribution in [0.25, 0.3) is 5.57 Å². The number of carbonyl (C=O) groups is 1. The van der Waals surface area contributed by atoms with Gasteiger partial charge in [-0.2, -0.15) is 0 Å². The van der Waals surface area contributed by atoms with Gasteiger partial charge in [-0.1, -0.05) is 6.08 Å². The number of likely N-dealkylation sites (N-methyl/N-ethyl adjacent to an activating group) is 1. The van der Waals surface area contributed by atoms with Crippen LogP contribution in [0.4, 0.5) is 0 Å². The third-order valence-electron chi connectivity index (χ3n) is 3.16. The number of carbonyl (C=O) groups excluding carboxylic acids is 1. The number of hydrogen-bond acceptors (Lipinski definition) is 3. The smallest absolute Gasteiger partial charge is 0.250 e. The van der Waals surface area contributed by atoms with Crippen LogP contribution in [-0.2, 0) is 4.79 Å². The predicted molar refractivity (Wildman–Crippen MR) is 75.4 cm³/mol. The lowest BCUT2D eigenvalue weighted by molar-refractivity contribution is -0.127. The molecule has 4 heteroatoms. The number of rotatable bonds is 3. The molecule has 96 valence electrons. The number of nitrogens with zero attached hydrogens (tertiary/aromatic N) is 2. The fourth-order valence-electron chi connectivity index (χ4n) is 1.81. The van der Waals surface area contributed by atoms with Crippen LogP contribution in [-0.4, -0.2) is 28.9 Å². The van der Waals surface area contributed by atoms with Crippen LogP contribution in [0.5, 0.6) is 0 Å². The number of thiazole rings is 1. The zero-order chi connectivity index (χ0) is 13.3. The third kappa shape index (κ3) is 2.53. The zero-order valence-electron chi connectivity index (χ0n) is 11.2. The van der Waals surface area contributed by atoms with Crippen molar-refractivity contribution in [3.8, 4) is 0 Å². The molecule has 0 spiro atoms. The highest BCUT2D eigenvalue weighted by Crippen LogP contribution is 2.28. The lowest BCUT2D eigenvalue weighted by atomic mass is 10.2. The molecule has 1 heterocycles. The van der Waals surface area contributed by atoms with E-state index in [9.17, 15) is 4.79 Å². The summed E-state index contributed by atoms with van der Waals surface area (Å²) in [7, 11) is 1.85. The summed E-state index contributed by atoms with van der Waals surface area (Å²) in [4.78, 5) is 18.4. The number of allylic oxidation sites excluding steroid dienone is 3. The molecule has 1 aliphatic carbocycles. The van der Waals surface area contributed by atoms with Crippen LogP contribution >= 0.6 is 11.3 Å². The van der Waals surface area contributed by atoms with Crippen molar-refractivity contribution < 1.29 is 4.79 Å². The quantitative estimate of drug-likeness (QED) is 0.839. The molecule has 0 aromatic carbocycles. The van der Waals surface area contributed by atoms with Gasteiger partial charge in [-0.25, -0.2) is 4.98 Å². The summed E-state index contributed by atoms with van der Waals surface area (Å²) in [6.07, 6.45) is 4.76. The Labute approximate surface area is 112 Å². The number of hydrogen-bond donors (Lipinski definition) is 0. The SMILES string of the molecule is Cc1nc(C2=CCC(C(=O)N(C)C(C)C)=C2)cs1. The van der Waals surface area contributed by atoms with Crippen molar-refractivity contribution in [2.45, 2.75) is 33.2 Å². The van der Waals surface area contributed by atoms with Crippen molar-refractivity contribution >= 4 is 22.8 Å². The van der Waals surface area contributed by atoms with Crippen LogP contribution in [0.3, 0.4) is 0 Å². The highest BCUT2D eigenvalue weighted by Gasteiger charge is 2.20. The molecule has 0 unspecified atom stereocenters. The Morgan fingerprint density at radius 1 is 1.50 bits per heavy atom. The summed E-state index contributed by atoms with van der Waals surface area (Å²) >= 11 is 1.64. The van der Waals surface area contributed by atoms with Crippen LogP contribution < -0.4 is 0 Å². The van der Waals surface area contributed by atoms with Gasteiger partial charge in [-0.3, -0.25) is 4.79 Å². The molecule has 0 N–H and O–H groups in total. The summed E-state index contributed by atoms with van der Waals surface area (Å²) in [5.41, 5.74) is 2.90. The summed E-state index contributed by atoms with van der Waals surface area (Å²) < 4.78 is 0. The molecule has 0 radical (unpaired) electrons. The summed E-state index contributed by atoms with van der Waals surface area (Å²) in [5.74, 6) is 0.114. The molecule has 0 atom stereocenters. The molecule has 1 amide bonds. The third-order valence-corrected chi connectivity index (χ3v) is 3.93. The molecule has 18 heavy (non-hydrogen) atoms. The van der Waals surface area contributed by atoms with E-state index in [2.05, 4.69) is 11.1 Å². The summed E-state index contributed by atoms with van der Waals surface area (Å²) in [6.45, 7) is 6.03. The lowest BCUT2D eigenvalue weighted by Crippen LogP contribution is -2.33. The van der Waals surface area contributed by atoms with Crippen molar-refractivity contribution in [1.29, 1.82) is 0 Å². The van der Waals surface area contributed by atoms with E-state index in [0.29, 0.717) is 6.42 Å². The Morgan fingerprint density at radius 3 is 2.78 bits per heavy atom. The molecular weight excluding hydrogens is 244 g/mol. The largest absolute Gasteiger partial charge is 0.340 e. The first-order valence-corrected chi connectivity index (χ1v) is 6.97. The number of amides is 1. The molecule has 2 rings (SSSR count). The van der Waals surface area contributed by atoms with E-state index in [1.807, 2.05) is 39.3 Å². The van der Waals surface area contributed by atoms with Gasteiger partial charge in [0.1, 0.15) is 0 Å². The van der Waals surface area contributed by atoms with Gasteiger partial charge in [0.2, 0.25) is 5.91 Å². The van der Waals surface area contributed by atoms with Crippen molar-refractivity contribution in [1.82, 2.24) is 9.88 Å². The van der Waals surface area contributed by atoms with Gasteiger partial charge in [-0.15, -0.1) is 11.3 Å². The molecule has 1 aromatic rings. The fourth-order valence-corrected chi connectivity index (χ4v) is 2.43. The van der Waals surface area contributed by atoms with Crippen LogP contribution in [0, 0.1) is 6.92 Å². The molecule has 0 saturated carbocycles. The first-order chi connectivity index (χ1) is 8.49. The van der Waals surface area contributed by atoms with E-state index in [0.717, 1.165) is 21.8 Å². The summed E-state index contributed by atoms with van der Waals surface area (Å²) in [5, 5.41) is 3.09. The summed E-state index contributed by atoms with van der Waals surface area (Å²) in [6, 6.07) is 0.226. The lowest BCUT2D eigenvalue weighted by Gasteiger charge is -2.21. The van der Waals surface area contributed by atoms with E-state index in [1.165, 1.54) is 0 Å². The van der Waals surface area contributed by atoms with Gasteiger partial charge in [0.15, 0.2) is 0 Å². The second kappa shape index (κ2) is 5.06. The van der Waals surface area contributed by atoms with E-state index < -0.39 is 0 Å². The maximum atomic E-state index is 12.2. The highest BCUT2D eigenvalue weighted by atomic mass is 32.1. The molecule has 1 aromatic heterocycles. The maximum absolute atomic E-state index is 12.2.